The van der Waals surface area contributed by atoms with Crippen molar-refractivity contribution >= 4 is 0 Å². The first kappa shape index (κ1) is 11.0. The maximum atomic E-state index is 12.6. The Morgan fingerprint density at radius 2 is 2.14 bits per heavy atom. The minimum atomic E-state index is -4.33. The van der Waals surface area contributed by atoms with Crippen LogP contribution in [0.25, 0.3) is 0 Å². The molecule has 3 nitrogen and oxygen atoms in total. The molecule has 1 heterocycles. The lowest BCUT2D eigenvalue weighted by Crippen LogP contribution is -2.18. The minimum absolute atomic E-state index is 0.175. The molecule has 1 aromatic heterocycles. The van der Waals surface area contributed by atoms with Crippen molar-refractivity contribution in [2.45, 2.75) is 26.2 Å². The minimum Gasteiger partial charge on any atom is -0.316 e. The molecule has 6 heteroatoms. The summed E-state index contributed by atoms with van der Waals surface area (Å²) >= 11 is 0. The van der Waals surface area contributed by atoms with E-state index >= 15 is 0 Å². The predicted molar refractivity (Wildman–Crippen MR) is 45.7 cm³/mol. The average molecular weight is 207 g/mol. The molecule has 0 aliphatic carbocycles. The summed E-state index contributed by atoms with van der Waals surface area (Å²) in [5.74, 6) is 0. The van der Waals surface area contributed by atoms with Crippen LogP contribution in [0.2, 0.25) is 0 Å². The quantitative estimate of drug-likeness (QED) is 0.816. The first-order valence-corrected chi connectivity index (χ1v) is 4.27. The maximum absolute atomic E-state index is 12.6. The highest BCUT2D eigenvalue weighted by Crippen LogP contribution is 2.31. The van der Waals surface area contributed by atoms with E-state index in [2.05, 4.69) is 10.4 Å². The fourth-order valence-electron chi connectivity index (χ4n) is 1.31. The fourth-order valence-corrected chi connectivity index (χ4v) is 1.31. The molecule has 0 amide bonds. The Morgan fingerprint density at radius 1 is 1.50 bits per heavy atom. The molecule has 1 aromatic rings. The Bertz CT molecular complexity index is 303. The van der Waals surface area contributed by atoms with Crippen LogP contribution in [0, 0.1) is 0 Å². The third kappa shape index (κ3) is 2.06. The number of hydrogen-bond donors (Lipinski definition) is 1. The molecule has 80 valence electrons. The van der Waals surface area contributed by atoms with Gasteiger partial charge in [-0.25, -0.2) is 0 Å². The monoisotopic (exact) mass is 207 g/mol. The van der Waals surface area contributed by atoms with E-state index in [1.165, 1.54) is 6.20 Å². The molecule has 0 aromatic carbocycles. The molecule has 1 N–H and O–H groups in total. The molecule has 0 radical (unpaired) electrons. The summed E-state index contributed by atoms with van der Waals surface area (Å²) in [6.07, 6.45) is -3.08. The van der Waals surface area contributed by atoms with E-state index in [4.69, 9.17) is 0 Å². The van der Waals surface area contributed by atoms with Gasteiger partial charge in [-0.05, 0) is 14.0 Å². The number of alkyl halides is 3. The molecule has 0 unspecified atom stereocenters. The number of nitrogens with one attached hydrogen (secondary N) is 1. The van der Waals surface area contributed by atoms with Gasteiger partial charge < -0.3 is 5.32 Å². The van der Waals surface area contributed by atoms with Crippen LogP contribution < -0.4 is 5.32 Å². The second kappa shape index (κ2) is 4.00. The van der Waals surface area contributed by atoms with Crippen molar-refractivity contribution in [2.75, 3.05) is 7.05 Å². The van der Waals surface area contributed by atoms with E-state index in [9.17, 15) is 13.2 Å². The highest BCUT2D eigenvalue weighted by Gasteiger charge is 2.37. The lowest BCUT2D eigenvalue weighted by Gasteiger charge is -2.10. The number of aromatic nitrogens is 2. The Morgan fingerprint density at radius 3 is 2.57 bits per heavy atom. The summed E-state index contributed by atoms with van der Waals surface area (Å²) in [7, 11) is 1.60. The van der Waals surface area contributed by atoms with Crippen molar-refractivity contribution in [2.24, 2.45) is 0 Å². The van der Waals surface area contributed by atoms with Crippen molar-refractivity contribution in [1.29, 1.82) is 0 Å². The van der Waals surface area contributed by atoms with Crippen LogP contribution in [-0.2, 0) is 19.3 Å². The largest absolute Gasteiger partial charge is 0.433 e. The summed E-state index contributed by atoms with van der Waals surface area (Å²) in [6, 6.07) is 0. The number of nitrogens with zero attached hydrogens (tertiary/aromatic N) is 2. The zero-order valence-electron chi connectivity index (χ0n) is 8.02. The zero-order chi connectivity index (χ0) is 10.8. The lowest BCUT2D eigenvalue weighted by molar-refractivity contribution is -0.144. The van der Waals surface area contributed by atoms with E-state index in [-0.39, 0.29) is 18.7 Å². The zero-order valence-corrected chi connectivity index (χ0v) is 8.02. The van der Waals surface area contributed by atoms with Crippen molar-refractivity contribution < 1.29 is 13.2 Å². The van der Waals surface area contributed by atoms with Crippen LogP contribution in [0.5, 0.6) is 0 Å². The molecule has 14 heavy (non-hydrogen) atoms. The van der Waals surface area contributed by atoms with Gasteiger partial charge in [0.2, 0.25) is 0 Å². The molecular weight excluding hydrogens is 195 g/mol. The molecule has 0 saturated carbocycles. The Hall–Kier alpha value is -1.04. The van der Waals surface area contributed by atoms with E-state index in [0.717, 1.165) is 4.68 Å². The van der Waals surface area contributed by atoms with Gasteiger partial charge in [-0.3, -0.25) is 4.68 Å². The number of halogens is 3. The summed E-state index contributed by atoms with van der Waals surface area (Å²) in [5, 5.41) is 6.36. The van der Waals surface area contributed by atoms with Gasteiger partial charge in [0.05, 0.1) is 6.20 Å². The molecule has 0 aliphatic heterocycles. The molecule has 0 fully saturated rings. The molecule has 0 spiro atoms. The molecule has 0 aliphatic rings. The van der Waals surface area contributed by atoms with Crippen molar-refractivity contribution in [3.63, 3.8) is 0 Å². The summed E-state index contributed by atoms with van der Waals surface area (Å²) in [6.45, 7) is 2.03. The highest BCUT2D eigenvalue weighted by molar-refractivity contribution is 5.20. The first-order valence-electron chi connectivity index (χ1n) is 4.27. The van der Waals surface area contributed by atoms with Crippen LogP contribution >= 0.6 is 0 Å². The second-order valence-corrected chi connectivity index (χ2v) is 2.86. The Balaban J connectivity index is 3.13. The van der Waals surface area contributed by atoms with Gasteiger partial charge in [-0.2, -0.15) is 18.3 Å². The number of hydrogen-bond acceptors (Lipinski definition) is 2. The van der Waals surface area contributed by atoms with Crippen LogP contribution in [0.3, 0.4) is 0 Å². The topological polar surface area (TPSA) is 29.9 Å². The third-order valence-corrected chi connectivity index (χ3v) is 1.85. The van der Waals surface area contributed by atoms with Gasteiger partial charge in [0.25, 0.3) is 0 Å². The summed E-state index contributed by atoms with van der Waals surface area (Å²) in [5.41, 5.74) is -0.476. The van der Waals surface area contributed by atoms with Gasteiger partial charge in [-0.1, -0.05) is 0 Å². The molecule has 0 bridgehead atoms. The Labute approximate surface area is 79.9 Å². The maximum Gasteiger partial charge on any atom is 0.433 e. The predicted octanol–water partition coefficient (Wildman–Crippen LogP) is 1.64. The van der Waals surface area contributed by atoms with Crippen LogP contribution in [-0.4, -0.2) is 16.8 Å². The van der Waals surface area contributed by atoms with Gasteiger partial charge >= 0.3 is 6.18 Å². The summed E-state index contributed by atoms with van der Waals surface area (Å²) in [4.78, 5) is 0. The first-order chi connectivity index (χ1) is 6.50. The van der Waals surface area contributed by atoms with Gasteiger partial charge in [0.15, 0.2) is 0 Å². The molecule has 0 atom stereocenters. The van der Waals surface area contributed by atoms with Crippen LogP contribution in [0.4, 0.5) is 13.2 Å². The van der Waals surface area contributed by atoms with E-state index in [1.54, 1.807) is 14.0 Å². The molecule has 0 saturated heterocycles. The fraction of sp³-hybridized carbons (Fsp3) is 0.625. The summed E-state index contributed by atoms with van der Waals surface area (Å²) < 4.78 is 38.7. The normalized spacial score (nSPS) is 12.1. The Kier molecular flexibility index (Phi) is 3.15. The number of aryl methyl sites for hydroxylation is 1. The van der Waals surface area contributed by atoms with Crippen molar-refractivity contribution in [3.8, 4) is 0 Å². The van der Waals surface area contributed by atoms with E-state index in [1.807, 2.05) is 0 Å². The average Bonchev–Trinajstić information content (AvgIpc) is 2.47. The van der Waals surface area contributed by atoms with Crippen LogP contribution in [0.15, 0.2) is 6.20 Å². The lowest BCUT2D eigenvalue weighted by atomic mass is 10.2. The standard InChI is InChI=1S/C8H12F3N3/c1-3-14-7(8(9,10)11)6(4-12-2)5-13-14/h5,12H,3-4H2,1-2H3. The van der Waals surface area contributed by atoms with E-state index in [0.29, 0.717) is 0 Å². The van der Waals surface area contributed by atoms with E-state index < -0.39 is 11.9 Å². The van der Waals surface area contributed by atoms with Gasteiger partial charge in [0.1, 0.15) is 5.69 Å². The van der Waals surface area contributed by atoms with Gasteiger partial charge in [0, 0.05) is 18.7 Å². The SMILES string of the molecule is CCn1ncc(CNC)c1C(F)(F)F. The smallest absolute Gasteiger partial charge is 0.316 e. The third-order valence-electron chi connectivity index (χ3n) is 1.85. The number of rotatable bonds is 3. The molecule has 1 rings (SSSR count). The van der Waals surface area contributed by atoms with Gasteiger partial charge in [-0.15, -0.1) is 0 Å². The highest BCUT2D eigenvalue weighted by atomic mass is 19.4. The van der Waals surface area contributed by atoms with Crippen LogP contribution in [0.1, 0.15) is 18.2 Å². The van der Waals surface area contributed by atoms with Crippen molar-refractivity contribution in [3.05, 3.63) is 17.5 Å². The second-order valence-electron chi connectivity index (χ2n) is 2.86. The molecular formula is C8H12F3N3. The van der Waals surface area contributed by atoms with Crippen molar-refractivity contribution in [1.82, 2.24) is 15.1 Å².